The molecule has 5 nitrogen and oxygen atoms in total. The molecule has 2 N–H and O–H groups in total. The zero-order chi connectivity index (χ0) is 16.5. The van der Waals surface area contributed by atoms with Gasteiger partial charge in [-0.2, -0.15) is 5.10 Å². The lowest BCUT2D eigenvalue weighted by atomic mass is 9.99. The number of aromatic nitrogens is 2. The summed E-state index contributed by atoms with van der Waals surface area (Å²) in [4.78, 5) is 0.254. The lowest BCUT2D eigenvalue weighted by Gasteiger charge is -2.11. The highest BCUT2D eigenvalue weighted by molar-refractivity contribution is 7.89. The van der Waals surface area contributed by atoms with Crippen molar-refractivity contribution in [2.75, 3.05) is 6.54 Å². The number of nitrogens with one attached hydrogen (secondary N) is 2. The summed E-state index contributed by atoms with van der Waals surface area (Å²) in [6.45, 7) is 9.98. The van der Waals surface area contributed by atoms with E-state index in [2.05, 4.69) is 47.8 Å². The van der Waals surface area contributed by atoms with E-state index in [4.69, 9.17) is 0 Å². The van der Waals surface area contributed by atoms with Crippen LogP contribution in [0.4, 0.5) is 0 Å². The third kappa shape index (κ3) is 3.39. The normalized spacial score (nSPS) is 11.9. The number of sulfonamides is 1. The van der Waals surface area contributed by atoms with Crippen LogP contribution in [0.25, 0.3) is 0 Å². The highest BCUT2D eigenvalue weighted by Gasteiger charge is 2.21. The number of hydrogen-bond acceptors (Lipinski definition) is 3. The maximum atomic E-state index is 12.4. The molecule has 0 aliphatic rings. The van der Waals surface area contributed by atoms with Crippen molar-refractivity contribution in [2.24, 2.45) is 0 Å². The Bertz CT molecular complexity index is 772. The number of hydrogen-bond donors (Lipinski definition) is 2. The summed E-state index contributed by atoms with van der Waals surface area (Å²) >= 11 is 0. The predicted octanol–water partition coefficient (Wildman–Crippen LogP) is 2.47. The minimum Gasteiger partial charge on any atom is -0.281 e. The van der Waals surface area contributed by atoms with Gasteiger partial charge in [-0.3, -0.25) is 5.10 Å². The Labute approximate surface area is 132 Å². The van der Waals surface area contributed by atoms with E-state index in [0.717, 1.165) is 0 Å². The van der Waals surface area contributed by atoms with Crippen LogP contribution in [-0.2, 0) is 16.4 Å². The third-order valence-corrected chi connectivity index (χ3v) is 5.69. The van der Waals surface area contributed by atoms with Crippen molar-refractivity contribution in [2.45, 2.75) is 45.9 Å². The van der Waals surface area contributed by atoms with Crippen LogP contribution in [0, 0.1) is 34.6 Å². The highest BCUT2D eigenvalue weighted by Crippen LogP contribution is 2.18. The number of nitrogens with zero attached hydrogens (tertiary/aromatic N) is 1. The summed E-state index contributed by atoms with van der Waals surface area (Å²) in [5.41, 5.74) is 5.90. The molecule has 0 saturated heterocycles. The van der Waals surface area contributed by atoms with Gasteiger partial charge < -0.3 is 0 Å². The topological polar surface area (TPSA) is 74.8 Å². The van der Waals surface area contributed by atoms with E-state index in [1.165, 1.54) is 22.3 Å². The second-order valence-corrected chi connectivity index (χ2v) is 7.48. The van der Waals surface area contributed by atoms with Crippen molar-refractivity contribution >= 4 is 10.0 Å². The van der Waals surface area contributed by atoms with Crippen molar-refractivity contribution in [3.8, 4) is 0 Å². The Morgan fingerprint density at radius 1 is 1.05 bits per heavy atom. The van der Waals surface area contributed by atoms with Crippen molar-refractivity contribution in [3.05, 3.63) is 45.8 Å². The van der Waals surface area contributed by atoms with Crippen LogP contribution in [0.5, 0.6) is 0 Å². The molecule has 2 rings (SSSR count). The molecule has 1 heterocycles. The molecule has 0 unspecified atom stereocenters. The van der Waals surface area contributed by atoms with Gasteiger partial charge in [0.15, 0.2) is 0 Å². The fraction of sp³-hybridized carbons (Fsp3) is 0.438. The molecule has 2 aromatic rings. The van der Waals surface area contributed by atoms with E-state index < -0.39 is 10.0 Å². The Morgan fingerprint density at radius 3 is 2.27 bits per heavy atom. The first-order chi connectivity index (χ1) is 10.2. The molecular formula is C16H23N3O2S. The maximum absolute atomic E-state index is 12.4. The maximum Gasteiger partial charge on any atom is 0.244 e. The first-order valence-corrected chi connectivity index (χ1v) is 8.78. The Morgan fingerprint density at radius 2 is 1.68 bits per heavy atom. The van der Waals surface area contributed by atoms with Gasteiger partial charge in [0.25, 0.3) is 0 Å². The fourth-order valence-electron chi connectivity index (χ4n) is 2.62. The predicted molar refractivity (Wildman–Crippen MR) is 87.6 cm³/mol. The highest BCUT2D eigenvalue weighted by atomic mass is 32.2. The molecule has 0 atom stereocenters. The Kier molecular flexibility index (Phi) is 4.72. The average molecular weight is 321 g/mol. The standard InChI is InChI=1S/C16H23N3O2S/c1-10-8-12(3)15(9-11(10)2)6-7-17-22(20,21)16-13(4)18-19-14(16)5/h8-9,17H,6-7H2,1-5H3,(H,18,19). The first kappa shape index (κ1) is 16.7. The van der Waals surface area contributed by atoms with Gasteiger partial charge in [0.05, 0.1) is 11.4 Å². The molecule has 0 amide bonds. The van der Waals surface area contributed by atoms with Crippen LogP contribution < -0.4 is 4.72 Å². The summed E-state index contributed by atoms with van der Waals surface area (Å²) in [7, 11) is -3.52. The van der Waals surface area contributed by atoms with Crippen LogP contribution in [0.3, 0.4) is 0 Å². The van der Waals surface area contributed by atoms with Crippen molar-refractivity contribution in [1.82, 2.24) is 14.9 Å². The number of aromatic amines is 1. The molecule has 0 aliphatic carbocycles. The molecular weight excluding hydrogens is 298 g/mol. The molecule has 22 heavy (non-hydrogen) atoms. The molecule has 0 bridgehead atoms. The van der Waals surface area contributed by atoms with E-state index in [1.54, 1.807) is 13.8 Å². The van der Waals surface area contributed by atoms with Gasteiger partial charge >= 0.3 is 0 Å². The van der Waals surface area contributed by atoms with E-state index in [1.807, 2.05) is 0 Å². The van der Waals surface area contributed by atoms with Crippen LogP contribution in [-0.4, -0.2) is 25.2 Å². The van der Waals surface area contributed by atoms with E-state index in [0.29, 0.717) is 24.4 Å². The molecule has 0 aliphatic heterocycles. The summed E-state index contributed by atoms with van der Waals surface area (Å²) in [6, 6.07) is 4.27. The molecule has 0 radical (unpaired) electrons. The van der Waals surface area contributed by atoms with Crippen LogP contribution in [0.15, 0.2) is 17.0 Å². The van der Waals surface area contributed by atoms with Crippen molar-refractivity contribution in [3.63, 3.8) is 0 Å². The zero-order valence-corrected chi connectivity index (χ0v) is 14.6. The minimum atomic E-state index is -3.52. The molecule has 1 aromatic heterocycles. The van der Waals surface area contributed by atoms with Crippen LogP contribution in [0.2, 0.25) is 0 Å². The lowest BCUT2D eigenvalue weighted by molar-refractivity contribution is 0.580. The largest absolute Gasteiger partial charge is 0.281 e. The molecule has 1 aromatic carbocycles. The third-order valence-electron chi connectivity index (χ3n) is 3.97. The second-order valence-electron chi connectivity index (χ2n) is 5.77. The van der Waals surface area contributed by atoms with Gasteiger partial charge in [-0.15, -0.1) is 0 Å². The van der Waals surface area contributed by atoms with Crippen LogP contribution in [0.1, 0.15) is 33.6 Å². The SMILES string of the molecule is Cc1cc(C)c(CCNS(=O)(=O)c2c(C)n[nH]c2C)cc1C. The number of benzene rings is 1. The van der Waals surface area contributed by atoms with Gasteiger partial charge in [-0.25, -0.2) is 13.1 Å². The molecule has 120 valence electrons. The van der Waals surface area contributed by atoms with Crippen LogP contribution >= 0.6 is 0 Å². The van der Waals surface area contributed by atoms with E-state index in [-0.39, 0.29) is 4.90 Å². The number of aryl methyl sites for hydroxylation is 5. The number of rotatable bonds is 5. The summed E-state index contributed by atoms with van der Waals surface area (Å²) < 4.78 is 27.4. The molecule has 0 saturated carbocycles. The van der Waals surface area contributed by atoms with E-state index in [9.17, 15) is 8.42 Å². The molecule has 6 heteroatoms. The molecule has 0 fully saturated rings. The van der Waals surface area contributed by atoms with Crippen molar-refractivity contribution < 1.29 is 8.42 Å². The zero-order valence-electron chi connectivity index (χ0n) is 13.7. The van der Waals surface area contributed by atoms with Gasteiger partial charge in [0, 0.05) is 6.54 Å². The van der Waals surface area contributed by atoms with Gasteiger partial charge in [-0.05, 0) is 63.3 Å². The fourth-order valence-corrected chi connectivity index (χ4v) is 4.02. The Hall–Kier alpha value is -1.66. The lowest BCUT2D eigenvalue weighted by Crippen LogP contribution is -2.27. The quantitative estimate of drug-likeness (QED) is 0.888. The smallest absolute Gasteiger partial charge is 0.244 e. The summed E-state index contributed by atoms with van der Waals surface area (Å²) in [5.74, 6) is 0. The van der Waals surface area contributed by atoms with E-state index >= 15 is 0 Å². The van der Waals surface area contributed by atoms with Crippen molar-refractivity contribution in [1.29, 1.82) is 0 Å². The van der Waals surface area contributed by atoms with Gasteiger partial charge in [0.2, 0.25) is 10.0 Å². The summed E-state index contributed by atoms with van der Waals surface area (Å²) in [6.07, 6.45) is 0.669. The minimum absolute atomic E-state index is 0.254. The van der Waals surface area contributed by atoms with Gasteiger partial charge in [0.1, 0.15) is 4.90 Å². The number of H-pyrrole nitrogens is 1. The second kappa shape index (κ2) is 6.22. The average Bonchev–Trinajstić information content (AvgIpc) is 2.75. The summed E-state index contributed by atoms with van der Waals surface area (Å²) in [5, 5.41) is 6.64. The molecule has 0 spiro atoms. The Balaban J connectivity index is 2.10. The van der Waals surface area contributed by atoms with Gasteiger partial charge in [-0.1, -0.05) is 12.1 Å². The first-order valence-electron chi connectivity index (χ1n) is 7.30. The monoisotopic (exact) mass is 321 g/mol.